The molecule has 0 aliphatic carbocycles. The molecular weight excluding hydrogens is 415 g/mol. The minimum atomic E-state index is -4.49. The summed E-state index contributed by atoms with van der Waals surface area (Å²) in [5.41, 5.74) is 0.442. The molecule has 1 amide bonds. The molecule has 0 atom stereocenters. The summed E-state index contributed by atoms with van der Waals surface area (Å²) in [6.45, 7) is 2.10. The van der Waals surface area contributed by atoms with Gasteiger partial charge in [-0.05, 0) is 58.8 Å². The van der Waals surface area contributed by atoms with Crippen LogP contribution in [0.15, 0.2) is 34.8 Å². The van der Waals surface area contributed by atoms with E-state index in [-0.39, 0.29) is 22.8 Å². The van der Waals surface area contributed by atoms with Gasteiger partial charge in [0.1, 0.15) is 0 Å². The first-order valence-electron chi connectivity index (χ1n) is 7.60. The number of ether oxygens (including phenoxy) is 1. The van der Waals surface area contributed by atoms with Crippen LogP contribution in [0.3, 0.4) is 0 Å². The van der Waals surface area contributed by atoms with Crippen molar-refractivity contribution in [2.75, 3.05) is 11.9 Å². The maximum absolute atomic E-state index is 12.8. The maximum Gasteiger partial charge on any atom is 0.416 e. The van der Waals surface area contributed by atoms with Crippen LogP contribution in [0.4, 0.5) is 18.9 Å². The van der Waals surface area contributed by atoms with Gasteiger partial charge in [0, 0.05) is 16.8 Å². The van der Waals surface area contributed by atoms with E-state index in [9.17, 15) is 23.1 Å². The highest BCUT2D eigenvalue weighted by Gasteiger charge is 2.33. The molecule has 0 bridgehead atoms. The third-order valence-electron chi connectivity index (χ3n) is 3.79. The average Bonchev–Trinajstić information content (AvgIpc) is 2.86. The van der Waals surface area contributed by atoms with E-state index in [1.807, 2.05) is 0 Å². The molecule has 26 heavy (non-hydrogen) atoms. The minimum absolute atomic E-state index is 0.0694. The third kappa shape index (κ3) is 3.41. The normalized spacial score (nSPS) is 15.1. The molecular formula is C18H13BrF3NO3. The van der Waals surface area contributed by atoms with E-state index in [0.29, 0.717) is 22.2 Å². The average molecular weight is 428 g/mol. The lowest BCUT2D eigenvalue weighted by Gasteiger charge is -2.09. The van der Waals surface area contributed by atoms with E-state index >= 15 is 0 Å². The summed E-state index contributed by atoms with van der Waals surface area (Å²) in [6, 6.07) is 6.24. The first kappa shape index (κ1) is 18.3. The molecule has 0 aromatic heterocycles. The number of carbonyl (C=O) groups excluding carboxylic acids is 1. The standard InChI is InChI=1S/C18H13BrF3NO3/c1-2-26-15-7-9(6-13(19)16(15)24)5-12-11-4-3-10(18(20,21)22)8-14(11)23-17(12)25/h3-8,24H,2H2,1H3,(H,23,25)/b12-5-. The van der Waals surface area contributed by atoms with Crippen LogP contribution in [-0.2, 0) is 11.0 Å². The number of phenolic OH excluding ortho intramolecular Hbond substituents is 1. The van der Waals surface area contributed by atoms with E-state index in [1.54, 1.807) is 19.1 Å². The summed E-state index contributed by atoms with van der Waals surface area (Å²) in [4.78, 5) is 12.2. The second kappa shape index (κ2) is 6.68. The van der Waals surface area contributed by atoms with E-state index in [1.165, 1.54) is 12.1 Å². The lowest BCUT2D eigenvalue weighted by Crippen LogP contribution is -2.06. The fourth-order valence-corrected chi connectivity index (χ4v) is 3.08. The predicted molar refractivity (Wildman–Crippen MR) is 94.9 cm³/mol. The fraction of sp³-hybridized carbons (Fsp3) is 0.167. The Morgan fingerprint density at radius 2 is 2.00 bits per heavy atom. The molecule has 0 spiro atoms. The van der Waals surface area contributed by atoms with Gasteiger partial charge in [-0.15, -0.1) is 0 Å². The number of hydrogen-bond donors (Lipinski definition) is 2. The third-order valence-corrected chi connectivity index (χ3v) is 4.40. The lowest BCUT2D eigenvalue weighted by molar-refractivity contribution is -0.137. The van der Waals surface area contributed by atoms with Gasteiger partial charge >= 0.3 is 6.18 Å². The van der Waals surface area contributed by atoms with Crippen LogP contribution >= 0.6 is 15.9 Å². The van der Waals surface area contributed by atoms with Crippen molar-refractivity contribution in [2.24, 2.45) is 0 Å². The van der Waals surface area contributed by atoms with Crippen LogP contribution in [0.1, 0.15) is 23.6 Å². The lowest BCUT2D eigenvalue weighted by atomic mass is 10.0. The molecule has 0 saturated heterocycles. The summed E-state index contributed by atoms with van der Waals surface area (Å²) in [5.74, 6) is -0.332. The molecule has 4 nitrogen and oxygen atoms in total. The van der Waals surface area contributed by atoms with Gasteiger partial charge in [0.2, 0.25) is 0 Å². The first-order chi connectivity index (χ1) is 12.2. The number of anilines is 1. The number of alkyl halides is 3. The Morgan fingerprint density at radius 3 is 2.65 bits per heavy atom. The van der Waals surface area contributed by atoms with Crippen molar-refractivity contribution in [3.05, 3.63) is 51.5 Å². The number of hydrogen-bond acceptors (Lipinski definition) is 3. The van der Waals surface area contributed by atoms with Crippen molar-refractivity contribution < 1.29 is 27.8 Å². The Balaban J connectivity index is 2.05. The van der Waals surface area contributed by atoms with Crippen LogP contribution in [0.2, 0.25) is 0 Å². The van der Waals surface area contributed by atoms with Gasteiger partial charge in [-0.1, -0.05) is 6.07 Å². The largest absolute Gasteiger partial charge is 0.503 e. The van der Waals surface area contributed by atoms with Gasteiger partial charge in [0.25, 0.3) is 5.91 Å². The number of fused-ring (bicyclic) bond motifs is 1. The molecule has 1 aliphatic rings. The summed E-state index contributed by atoms with van der Waals surface area (Å²) in [7, 11) is 0. The number of phenols is 1. The number of halogens is 4. The topological polar surface area (TPSA) is 58.6 Å². The van der Waals surface area contributed by atoms with Gasteiger partial charge in [0.15, 0.2) is 11.5 Å². The number of nitrogens with one attached hydrogen (secondary N) is 1. The van der Waals surface area contributed by atoms with Crippen molar-refractivity contribution in [1.29, 1.82) is 0 Å². The van der Waals surface area contributed by atoms with Crippen LogP contribution in [0, 0.1) is 0 Å². The van der Waals surface area contributed by atoms with Crippen LogP contribution < -0.4 is 10.1 Å². The van der Waals surface area contributed by atoms with Crippen molar-refractivity contribution in [1.82, 2.24) is 0 Å². The number of carbonyl (C=O) groups is 1. The molecule has 0 unspecified atom stereocenters. The van der Waals surface area contributed by atoms with E-state index in [0.717, 1.165) is 12.1 Å². The molecule has 1 heterocycles. The van der Waals surface area contributed by atoms with Gasteiger partial charge in [-0.25, -0.2) is 0 Å². The Bertz CT molecular complexity index is 923. The smallest absolute Gasteiger partial charge is 0.416 e. The highest BCUT2D eigenvalue weighted by atomic mass is 79.9. The van der Waals surface area contributed by atoms with Crippen LogP contribution in [0.25, 0.3) is 11.6 Å². The Morgan fingerprint density at radius 1 is 1.27 bits per heavy atom. The van der Waals surface area contributed by atoms with Crippen molar-refractivity contribution >= 4 is 39.2 Å². The zero-order valence-electron chi connectivity index (χ0n) is 13.4. The number of rotatable bonds is 3. The highest BCUT2D eigenvalue weighted by Crippen LogP contribution is 2.40. The molecule has 8 heteroatoms. The Kier molecular flexibility index (Phi) is 4.70. The first-order valence-corrected chi connectivity index (χ1v) is 8.40. The molecule has 3 rings (SSSR count). The zero-order chi connectivity index (χ0) is 19.1. The number of aromatic hydroxyl groups is 1. The number of amides is 1. The summed E-state index contributed by atoms with van der Waals surface area (Å²) >= 11 is 3.21. The summed E-state index contributed by atoms with van der Waals surface area (Å²) in [6.07, 6.45) is -2.96. The molecule has 0 saturated carbocycles. The van der Waals surface area contributed by atoms with Gasteiger partial charge in [0.05, 0.1) is 16.6 Å². The number of benzene rings is 2. The van der Waals surface area contributed by atoms with E-state index in [2.05, 4.69) is 21.2 Å². The molecule has 1 aliphatic heterocycles. The van der Waals surface area contributed by atoms with E-state index < -0.39 is 17.6 Å². The highest BCUT2D eigenvalue weighted by molar-refractivity contribution is 9.10. The molecule has 2 aromatic rings. The molecule has 0 radical (unpaired) electrons. The van der Waals surface area contributed by atoms with Crippen molar-refractivity contribution in [3.8, 4) is 11.5 Å². The second-order valence-corrected chi connectivity index (χ2v) is 6.41. The monoisotopic (exact) mass is 427 g/mol. The Hall–Kier alpha value is -2.48. The Labute approximate surface area is 155 Å². The summed E-state index contributed by atoms with van der Waals surface area (Å²) < 4.78 is 44.2. The van der Waals surface area contributed by atoms with Crippen LogP contribution in [0.5, 0.6) is 11.5 Å². The maximum atomic E-state index is 12.8. The van der Waals surface area contributed by atoms with Crippen LogP contribution in [-0.4, -0.2) is 17.6 Å². The summed E-state index contributed by atoms with van der Waals surface area (Å²) in [5, 5.41) is 12.4. The SMILES string of the molecule is CCOc1cc(/C=C2\C(=O)Nc3cc(C(F)(F)F)ccc32)cc(Br)c1O. The second-order valence-electron chi connectivity index (χ2n) is 5.55. The van der Waals surface area contributed by atoms with Gasteiger partial charge in [-0.3, -0.25) is 4.79 Å². The predicted octanol–water partition coefficient (Wildman–Crippen LogP) is 5.06. The zero-order valence-corrected chi connectivity index (χ0v) is 15.0. The molecule has 136 valence electrons. The van der Waals surface area contributed by atoms with Crippen molar-refractivity contribution in [3.63, 3.8) is 0 Å². The molecule has 2 aromatic carbocycles. The van der Waals surface area contributed by atoms with E-state index in [4.69, 9.17) is 4.74 Å². The quantitative estimate of drug-likeness (QED) is 0.672. The molecule has 2 N–H and O–H groups in total. The minimum Gasteiger partial charge on any atom is -0.503 e. The van der Waals surface area contributed by atoms with Gasteiger partial charge in [-0.2, -0.15) is 13.2 Å². The van der Waals surface area contributed by atoms with Gasteiger partial charge < -0.3 is 15.2 Å². The fourth-order valence-electron chi connectivity index (χ4n) is 2.62. The molecule has 0 fully saturated rings. The van der Waals surface area contributed by atoms with Crippen molar-refractivity contribution in [2.45, 2.75) is 13.1 Å².